The summed E-state index contributed by atoms with van der Waals surface area (Å²) < 4.78 is 32.1. The van der Waals surface area contributed by atoms with Crippen molar-refractivity contribution in [2.75, 3.05) is 27.2 Å². The largest absolute Gasteiger partial charge is 0.469 e. The molecular formula is C29H34F2N4O3. The number of hydrogen-bond acceptors (Lipinski definition) is 5. The van der Waals surface area contributed by atoms with Crippen LogP contribution in [-0.4, -0.2) is 61.1 Å². The molecule has 1 aliphatic heterocycles. The third-order valence-electron chi connectivity index (χ3n) is 7.99. The molecule has 2 aromatic carbocycles. The van der Waals surface area contributed by atoms with Crippen molar-refractivity contribution in [3.63, 3.8) is 0 Å². The van der Waals surface area contributed by atoms with Crippen LogP contribution in [0.3, 0.4) is 0 Å². The van der Waals surface area contributed by atoms with Gasteiger partial charge in [0.05, 0.1) is 31.2 Å². The minimum absolute atomic E-state index is 0.0503. The zero-order valence-electron chi connectivity index (χ0n) is 21.8. The Morgan fingerprint density at radius 3 is 2.55 bits per heavy atom. The third-order valence-corrected chi connectivity index (χ3v) is 7.99. The zero-order valence-corrected chi connectivity index (χ0v) is 21.8. The average molecular weight is 525 g/mol. The molecular weight excluding hydrogens is 490 g/mol. The molecule has 2 aromatic rings. The number of nitriles is 1. The van der Waals surface area contributed by atoms with Crippen molar-refractivity contribution in [3.05, 3.63) is 70.8 Å². The first kappa shape index (κ1) is 27.5. The van der Waals surface area contributed by atoms with Crippen LogP contribution >= 0.6 is 0 Å². The van der Waals surface area contributed by atoms with E-state index in [0.717, 1.165) is 68.5 Å². The van der Waals surface area contributed by atoms with E-state index in [-0.39, 0.29) is 18.5 Å². The summed E-state index contributed by atoms with van der Waals surface area (Å²) in [6.45, 7) is 1.62. The molecule has 0 radical (unpaired) electrons. The zero-order chi connectivity index (χ0) is 27.2. The summed E-state index contributed by atoms with van der Waals surface area (Å²) in [6.07, 6.45) is 4.78. The Labute approximate surface area is 222 Å². The number of esters is 1. The molecule has 2 fully saturated rings. The normalized spacial score (nSPS) is 22.3. The van der Waals surface area contributed by atoms with E-state index in [1.165, 1.54) is 25.1 Å². The van der Waals surface area contributed by atoms with Crippen molar-refractivity contribution in [2.45, 2.75) is 62.6 Å². The second-order valence-electron chi connectivity index (χ2n) is 10.2. The second kappa shape index (κ2) is 12.4. The molecule has 1 saturated carbocycles. The summed E-state index contributed by atoms with van der Waals surface area (Å²) in [5, 5.41) is 12.5. The van der Waals surface area contributed by atoms with Crippen molar-refractivity contribution < 1.29 is 23.1 Å². The van der Waals surface area contributed by atoms with E-state index in [0.29, 0.717) is 17.5 Å². The number of urea groups is 1. The van der Waals surface area contributed by atoms with Crippen LogP contribution in [0, 0.1) is 23.0 Å². The number of nitrogens with one attached hydrogen (secondary N) is 1. The van der Waals surface area contributed by atoms with Gasteiger partial charge in [-0.3, -0.25) is 9.69 Å². The number of ether oxygens (including phenoxy) is 1. The van der Waals surface area contributed by atoms with Crippen molar-refractivity contribution in [1.82, 2.24) is 15.1 Å². The van der Waals surface area contributed by atoms with Gasteiger partial charge in [0.25, 0.3) is 0 Å². The average Bonchev–Trinajstić information content (AvgIpc) is 3.41. The number of methoxy groups -OCH3 is 1. The molecule has 4 rings (SSSR count). The molecule has 0 bridgehead atoms. The Morgan fingerprint density at radius 1 is 1.13 bits per heavy atom. The van der Waals surface area contributed by atoms with Gasteiger partial charge in [0.2, 0.25) is 0 Å². The predicted octanol–water partition coefficient (Wildman–Crippen LogP) is 4.88. The number of carbonyl (C=O) groups excluding carboxylic acids is 2. The number of benzene rings is 2. The summed E-state index contributed by atoms with van der Waals surface area (Å²) in [5.74, 6) is -2.19. The molecule has 2 amide bonds. The summed E-state index contributed by atoms with van der Waals surface area (Å²) in [5.41, 5.74) is 2.22. The van der Waals surface area contributed by atoms with Crippen LogP contribution in [0.25, 0.3) is 0 Å². The van der Waals surface area contributed by atoms with E-state index in [2.05, 4.69) is 22.4 Å². The van der Waals surface area contributed by atoms with Gasteiger partial charge in [-0.05, 0) is 67.3 Å². The lowest BCUT2D eigenvalue weighted by Gasteiger charge is -2.35. The first-order chi connectivity index (χ1) is 18.3. The van der Waals surface area contributed by atoms with Crippen LogP contribution in [-0.2, 0) is 9.53 Å². The monoisotopic (exact) mass is 524 g/mol. The molecule has 2 aliphatic rings. The lowest BCUT2D eigenvalue weighted by molar-refractivity contribution is -0.141. The molecule has 0 spiro atoms. The van der Waals surface area contributed by atoms with Crippen molar-refractivity contribution in [3.8, 4) is 6.07 Å². The number of hydrogen-bond donors (Lipinski definition) is 1. The van der Waals surface area contributed by atoms with E-state index in [9.17, 15) is 23.6 Å². The van der Waals surface area contributed by atoms with Gasteiger partial charge in [-0.15, -0.1) is 0 Å². The number of likely N-dealkylation sites (tertiary alicyclic amines) is 1. The summed E-state index contributed by atoms with van der Waals surface area (Å²) in [6, 6.07) is 12.7. The minimum atomic E-state index is -1.04. The third kappa shape index (κ3) is 6.30. The highest BCUT2D eigenvalue weighted by molar-refractivity contribution is 5.77. The summed E-state index contributed by atoms with van der Waals surface area (Å²) >= 11 is 0. The van der Waals surface area contributed by atoms with Gasteiger partial charge >= 0.3 is 12.0 Å². The van der Waals surface area contributed by atoms with E-state index in [4.69, 9.17) is 4.74 Å². The van der Waals surface area contributed by atoms with Crippen molar-refractivity contribution in [1.29, 1.82) is 5.26 Å². The SMILES string of the molecule is COC(=O)CC(c1ccc(F)c(F)c1)N(C)C(=O)NC1CCN(C2CCC(c3ccccc3C#N)CC2)C1. The fourth-order valence-corrected chi connectivity index (χ4v) is 5.80. The Balaban J connectivity index is 1.33. The van der Waals surface area contributed by atoms with Gasteiger partial charge in [0.15, 0.2) is 11.6 Å². The van der Waals surface area contributed by atoms with Crippen molar-refractivity contribution >= 4 is 12.0 Å². The van der Waals surface area contributed by atoms with Gasteiger partial charge in [-0.2, -0.15) is 5.26 Å². The second-order valence-corrected chi connectivity index (χ2v) is 10.2. The smallest absolute Gasteiger partial charge is 0.317 e. The highest BCUT2D eigenvalue weighted by Gasteiger charge is 2.34. The van der Waals surface area contributed by atoms with Gasteiger partial charge in [0, 0.05) is 32.2 Å². The fourth-order valence-electron chi connectivity index (χ4n) is 5.80. The number of rotatable bonds is 7. The molecule has 1 heterocycles. The molecule has 0 aromatic heterocycles. The molecule has 7 nitrogen and oxygen atoms in total. The molecule has 2 atom stereocenters. The minimum Gasteiger partial charge on any atom is -0.469 e. The van der Waals surface area contributed by atoms with Crippen LogP contribution in [0.5, 0.6) is 0 Å². The first-order valence-electron chi connectivity index (χ1n) is 13.1. The Morgan fingerprint density at radius 2 is 1.87 bits per heavy atom. The van der Waals surface area contributed by atoms with Gasteiger partial charge in [-0.1, -0.05) is 24.3 Å². The lowest BCUT2D eigenvalue weighted by atomic mass is 9.80. The Hall–Kier alpha value is -3.51. The number of nitrogens with zero attached hydrogens (tertiary/aromatic N) is 3. The highest BCUT2D eigenvalue weighted by atomic mass is 19.2. The van der Waals surface area contributed by atoms with Crippen molar-refractivity contribution in [2.24, 2.45) is 0 Å². The maximum absolute atomic E-state index is 13.9. The van der Waals surface area contributed by atoms with E-state index < -0.39 is 23.6 Å². The summed E-state index contributed by atoms with van der Waals surface area (Å²) in [7, 11) is 2.78. The van der Waals surface area contributed by atoms with Crippen LogP contribution < -0.4 is 5.32 Å². The molecule has 1 saturated heterocycles. The van der Waals surface area contributed by atoms with E-state index >= 15 is 0 Å². The lowest BCUT2D eigenvalue weighted by Crippen LogP contribution is -2.46. The van der Waals surface area contributed by atoms with Crippen LogP contribution in [0.4, 0.5) is 13.6 Å². The summed E-state index contributed by atoms with van der Waals surface area (Å²) in [4.78, 5) is 28.9. The van der Waals surface area contributed by atoms with Gasteiger partial charge in [-0.25, -0.2) is 13.6 Å². The Bertz CT molecular complexity index is 1190. The number of carbonyl (C=O) groups is 2. The number of halogens is 2. The predicted molar refractivity (Wildman–Crippen MR) is 138 cm³/mol. The van der Waals surface area contributed by atoms with Crippen LogP contribution in [0.1, 0.15) is 67.2 Å². The molecule has 1 N–H and O–H groups in total. The van der Waals surface area contributed by atoms with Crippen LogP contribution in [0.15, 0.2) is 42.5 Å². The van der Waals surface area contributed by atoms with Gasteiger partial charge < -0.3 is 15.0 Å². The molecule has 2 unspecified atom stereocenters. The van der Waals surface area contributed by atoms with Crippen LogP contribution in [0.2, 0.25) is 0 Å². The quantitative estimate of drug-likeness (QED) is 0.522. The first-order valence-corrected chi connectivity index (χ1v) is 13.1. The fraction of sp³-hybridized carbons (Fsp3) is 0.483. The molecule has 9 heteroatoms. The molecule has 38 heavy (non-hydrogen) atoms. The maximum Gasteiger partial charge on any atom is 0.317 e. The van der Waals surface area contributed by atoms with Gasteiger partial charge in [0.1, 0.15) is 0 Å². The Kier molecular flexibility index (Phi) is 8.95. The highest BCUT2D eigenvalue weighted by Crippen LogP contribution is 2.37. The molecule has 1 aliphatic carbocycles. The topological polar surface area (TPSA) is 85.7 Å². The van der Waals surface area contributed by atoms with E-state index in [1.54, 1.807) is 0 Å². The molecule has 202 valence electrons. The number of amides is 2. The van der Waals surface area contributed by atoms with E-state index in [1.807, 2.05) is 18.2 Å². The standard InChI is InChI=1S/C29H34F2N4O3/c1-34(27(16-28(36)38-2)20-9-12-25(30)26(31)15-20)29(37)33-22-13-14-35(18-22)23-10-7-19(8-11-23)24-6-4-3-5-21(24)17-32/h3-6,9,12,15,19,22-23,27H,7-8,10-11,13-14,16,18H2,1-2H3,(H,33,37). The maximum atomic E-state index is 13.9.